The fraction of sp³-hybridized carbons (Fsp3) is 0.429. The maximum absolute atomic E-state index is 13.4. The predicted molar refractivity (Wildman–Crippen MR) is 104 cm³/mol. The Balaban J connectivity index is 1.44. The highest BCUT2D eigenvalue weighted by Crippen LogP contribution is 2.38. The van der Waals surface area contributed by atoms with Crippen molar-refractivity contribution in [1.82, 2.24) is 24.1 Å². The van der Waals surface area contributed by atoms with Gasteiger partial charge in [-0.25, -0.2) is 9.67 Å². The van der Waals surface area contributed by atoms with E-state index in [1.807, 2.05) is 46.7 Å². The van der Waals surface area contributed by atoms with Crippen molar-refractivity contribution in [3.63, 3.8) is 0 Å². The van der Waals surface area contributed by atoms with Crippen molar-refractivity contribution in [2.75, 3.05) is 6.54 Å². The largest absolute Gasteiger partial charge is 0.332 e. The number of imidazole rings is 1. The van der Waals surface area contributed by atoms with E-state index in [-0.39, 0.29) is 17.5 Å². The van der Waals surface area contributed by atoms with Gasteiger partial charge in [-0.1, -0.05) is 6.07 Å². The second-order valence-corrected chi connectivity index (χ2v) is 7.82. The number of amides is 1. The first-order valence-electron chi connectivity index (χ1n) is 9.94. The lowest BCUT2D eigenvalue weighted by molar-refractivity contribution is 0.0712. The number of carbonyl (C=O) groups is 1. The molecule has 2 fully saturated rings. The van der Waals surface area contributed by atoms with E-state index >= 15 is 0 Å². The fourth-order valence-electron chi connectivity index (χ4n) is 4.19. The number of hydrogen-bond acceptors (Lipinski definition) is 4. The summed E-state index contributed by atoms with van der Waals surface area (Å²) in [7, 11) is 0. The summed E-state index contributed by atoms with van der Waals surface area (Å²) in [6.45, 7) is 3.01. The van der Waals surface area contributed by atoms with Gasteiger partial charge in [0.05, 0.1) is 24.0 Å². The van der Waals surface area contributed by atoms with E-state index < -0.39 is 0 Å². The molecule has 28 heavy (non-hydrogen) atoms. The lowest BCUT2D eigenvalue weighted by Crippen LogP contribution is -2.41. The first-order valence-corrected chi connectivity index (χ1v) is 9.94. The molecule has 2 aliphatic rings. The van der Waals surface area contributed by atoms with Gasteiger partial charge in [-0.2, -0.15) is 5.10 Å². The highest BCUT2D eigenvalue weighted by atomic mass is 16.2. The molecule has 7 nitrogen and oxygen atoms in total. The Morgan fingerprint density at radius 3 is 2.86 bits per heavy atom. The van der Waals surface area contributed by atoms with Crippen molar-refractivity contribution in [2.24, 2.45) is 0 Å². The third kappa shape index (κ3) is 2.91. The number of pyridine rings is 1. The van der Waals surface area contributed by atoms with Gasteiger partial charge < -0.3 is 4.90 Å². The summed E-state index contributed by atoms with van der Waals surface area (Å²) >= 11 is 0. The minimum atomic E-state index is -0.102. The number of aromatic nitrogens is 4. The third-order valence-electron chi connectivity index (χ3n) is 5.81. The van der Waals surface area contributed by atoms with Crippen molar-refractivity contribution in [1.29, 1.82) is 0 Å². The van der Waals surface area contributed by atoms with Crippen LogP contribution >= 0.6 is 0 Å². The van der Waals surface area contributed by atoms with Gasteiger partial charge in [-0.3, -0.25) is 14.0 Å². The molecule has 1 unspecified atom stereocenters. The van der Waals surface area contributed by atoms with Crippen molar-refractivity contribution >= 4 is 11.6 Å². The fourth-order valence-corrected chi connectivity index (χ4v) is 4.19. The van der Waals surface area contributed by atoms with Gasteiger partial charge in [0.1, 0.15) is 11.3 Å². The van der Waals surface area contributed by atoms with Crippen LogP contribution in [-0.4, -0.2) is 42.6 Å². The maximum atomic E-state index is 13.4. The summed E-state index contributed by atoms with van der Waals surface area (Å²) in [6.07, 6.45) is 5.98. The third-order valence-corrected chi connectivity index (χ3v) is 5.81. The van der Waals surface area contributed by atoms with Crippen molar-refractivity contribution < 1.29 is 4.79 Å². The Morgan fingerprint density at radius 1 is 1.18 bits per heavy atom. The lowest BCUT2D eigenvalue weighted by atomic mass is 10.2. The molecule has 1 saturated carbocycles. The quantitative estimate of drug-likeness (QED) is 0.700. The number of rotatable bonds is 4. The maximum Gasteiger partial charge on any atom is 0.273 e. The molecule has 1 amide bonds. The molecule has 0 N–H and O–H groups in total. The summed E-state index contributed by atoms with van der Waals surface area (Å²) in [6, 6.07) is 9.14. The molecule has 0 spiro atoms. The molecule has 0 radical (unpaired) electrons. The molecule has 3 aromatic heterocycles. The minimum Gasteiger partial charge on any atom is -0.332 e. The zero-order chi connectivity index (χ0) is 19.3. The van der Waals surface area contributed by atoms with Crippen LogP contribution < -0.4 is 5.56 Å². The van der Waals surface area contributed by atoms with Gasteiger partial charge in [0, 0.05) is 24.7 Å². The smallest absolute Gasteiger partial charge is 0.273 e. The van der Waals surface area contributed by atoms with Crippen LogP contribution in [0.25, 0.3) is 5.65 Å². The molecular weight excluding hydrogens is 354 g/mol. The van der Waals surface area contributed by atoms with Crippen LogP contribution in [0.5, 0.6) is 0 Å². The van der Waals surface area contributed by atoms with Crippen LogP contribution in [0, 0.1) is 6.92 Å². The standard InChI is InChI=1S/C21H23N5O2/c1-14-20(25-11-3-2-6-18(25)22-14)21(28)24-12-4-5-16(24)13-26-19(27)10-9-17(23-26)15-7-8-15/h2-3,6,9-11,15-16H,4-5,7-8,12-13H2,1H3. The number of nitrogens with zero attached hydrogens (tertiary/aromatic N) is 5. The number of carbonyl (C=O) groups excluding carboxylic acids is 1. The Labute approximate surface area is 162 Å². The first kappa shape index (κ1) is 17.2. The van der Waals surface area contributed by atoms with Gasteiger partial charge in [0.25, 0.3) is 11.5 Å². The van der Waals surface area contributed by atoms with Crippen molar-refractivity contribution in [3.8, 4) is 0 Å². The number of hydrogen-bond donors (Lipinski definition) is 0. The molecule has 0 aromatic carbocycles. The van der Waals surface area contributed by atoms with Gasteiger partial charge in [-0.15, -0.1) is 0 Å². The summed E-state index contributed by atoms with van der Waals surface area (Å²) < 4.78 is 3.40. The van der Waals surface area contributed by atoms with Crippen LogP contribution in [0.3, 0.4) is 0 Å². The molecule has 1 atom stereocenters. The number of fused-ring (bicyclic) bond motifs is 1. The number of likely N-dealkylation sites (tertiary alicyclic amines) is 1. The molecule has 1 aliphatic carbocycles. The summed E-state index contributed by atoms with van der Waals surface area (Å²) in [5.41, 5.74) is 3.00. The van der Waals surface area contributed by atoms with Gasteiger partial charge in [0.2, 0.25) is 0 Å². The van der Waals surface area contributed by atoms with Crippen LogP contribution in [0.15, 0.2) is 41.3 Å². The van der Waals surface area contributed by atoms with Crippen LogP contribution in [0.2, 0.25) is 0 Å². The van der Waals surface area contributed by atoms with E-state index in [0.29, 0.717) is 24.7 Å². The zero-order valence-electron chi connectivity index (χ0n) is 15.9. The molecule has 4 heterocycles. The van der Waals surface area contributed by atoms with Crippen molar-refractivity contribution in [2.45, 2.75) is 51.1 Å². The van der Waals surface area contributed by atoms with E-state index in [9.17, 15) is 9.59 Å². The highest BCUT2D eigenvalue weighted by Gasteiger charge is 2.33. The Kier molecular flexibility index (Phi) is 4.03. The number of aryl methyl sites for hydroxylation is 1. The molecular formula is C21H23N5O2. The van der Waals surface area contributed by atoms with E-state index in [0.717, 1.165) is 42.7 Å². The Hall–Kier alpha value is -2.96. The molecule has 1 aliphatic heterocycles. The molecule has 3 aromatic rings. The Bertz CT molecular complexity index is 1110. The SMILES string of the molecule is Cc1nc2ccccn2c1C(=O)N1CCCC1Cn1nc(C2CC2)ccc1=O. The predicted octanol–water partition coefficient (Wildman–Crippen LogP) is 2.38. The van der Waals surface area contributed by atoms with Crippen LogP contribution in [0.4, 0.5) is 0 Å². The molecule has 1 saturated heterocycles. The van der Waals surface area contributed by atoms with E-state index in [2.05, 4.69) is 10.1 Å². The van der Waals surface area contributed by atoms with Crippen molar-refractivity contribution in [3.05, 3.63) is 64.0 Å². The van der Waals surface area contributed by atoms with E-state index in [1.165, 1.54) is 0 Å². The van der Waals surface area contributed by atoms with E-state index in [4.69, 9.17) is 0 Å². The van der Waals surface area contributed by atoms with Crippen LogP contribution in [-0.2, 0) is 6.54 Å². The zero-order valence-corrected chi connectivity index (χ0v) is 15.9. The highest BCUT2D eigenvalue weighted by molar-refractivity contribution is 5.95. The van der Waals surface area contributed by atoms with Gasteiger partial charge >= 0.3 is 0 Å². The second-order valence-electron chi connectivity index (χ2n) is 7.82. The monoisotopic (exact) mass is 377 g/mol. The van der Waals surface area contributed by atoms with Gasteiger partial charge in [0.15, 0.2) is 0 Å². The Morgan fingerprint density at radius 2 is 2.04 bits per heavy atom. The lowest BCUT2D eigenvalue weighted by Gasteiger charge is -2.25. The summed E-state index contributed by atoms with van der Waals surface area (Å²) in [5, 5.41) is 4.57. The summed E-state index contributed by atoms with van der Waals surface area (Å²) in [5.74, 6) is 0.471. The summed E-state index contributed by atoms with van der Waals surface area (Å²) in [4.78, 5) is 32.1. The minimum absolute atomic E-state index is 0.0231. The average molecular weight is 377 g/mol. The molecule has 0 bridgehead atoms. The average Bonchev–Trinajstić information content (AvgIpc) is 3.34. The van der Waals surface area contributed by atoms with Crippen LogP contribution in [0.1, 0.15) is 53.5 Å². The first-order chi connectivity index (χ1) is 13.6. The van der Waals surface area contributed by atoms with Gasteiger partial charge in [-0.05, 0) is 50.8 Å². The topological polar surface area (TPSA) is 72.5 Å². The molecule has 5 rings (SSSR count). The normalized spacial score (nSPS) is 19.5. The second kappa shape index (κ2) is 6.58. The molecule has 144 valence electrons. The van der Waals surface area contributed by atoms with E-state index in [1.54, 1.807) is 10.7 Å². The molecule has 7 heteroatoms.